The molecule has 0 bridgehead atoms. The second-order valence-electron chi connectivity index (χ2n) is 4.20. The van der Waals surface area contributed by atoms with E-state index >= 15 is 0 Å². The predicted octanol–water partition coefficient (Wildman–Crippen LogP) is 2.43. The van der Waals surface area contributed by atoms with Crippen LogP contribution in [0.4, 0.5) is 4.39 Å². The van der Waals surface area contributed by atoms with Crippen molar-refractivity contribution in [2.45, 2.75) is 18.9 Å². The second-order valence-corrected chi connectivity index (χ2v) is 4.20. The van der Waals surface area contributed by atoms with Gasteiger partial charge in [0, 0.05) is 11.9 Å². The smallest absolute Gasteiger partial charge is 0.141 e. The van der Waals surface area contributed by atoms with E-state index in [4.69, 9.17) is 5.26 Å². The van der Waals surface area contributed by atoms with Gasteiger partial charge in [-0.1, -0.05) is 6.07 Å². The van der Waals surface area contributed by atoms with Crippen LogP contribution in [0.5, 0.6) is 0 Å². The van der Waals surface area contributed by atoms with Crippen LogP contribution in [0.3, 0.4) is 0 Å². The lowest BCUT2D eigenvalue weighted by molar-refractivity contribution is 0.591. The molecule has 84 valence electrons. The Bertz CT molecular complexity index is 609. The minimum absolute atomic E-state index is 0.0950. The Morgan fingerprint density at radius 2 is 2.35 bits per heavy atom. The van der Waals surface area contributed by atoms with Crippen LogP contribution in [0, 0.1) is 17.1 Å². The van der Waals surface area contributed by atoms with Crippen LogP contribution in [0.2, 0.25) is 0 Å². The average molecular weight is 227 g/mol. The van der Waals surface area contributed by atoms with Crippen LogP contribution in [0.25, 0.3) is 0 Å². The van der Waals surface area contributed by atoms with Gasteiger partial charge >= 0.3 is 0 Å². The molecule has 1 aromatic carbocycles. The molecular formula is C13H10FN3. The number of fused-ring (bicyclic) bond motifs is 1. The van der Waals surface area contributed by atoms with Crippen molar-refractivity contribution in [3.63, 3.8) is 0 Å². The molecule has 0 aliphatic carbocycles. The van der Waals surface area contributed by atoms with Crippen LogP contribution in [0.15, 0.2) is 30.7 Å². The number of nitriles is 1. The molecule has 2 heterocycles. The fourth-order valence-electron chi connectivity index (χ4n) is 2.39. The largest absolute Gasteiger partial charge is 0.327 e. The van der Waals surface area contributed by atoms with E-state index in [0.717, 1.165) is 18.4 Å². The van der Waals surface area contributed by atoms with E-state index in [1.165, 1.54) is 11.8 Å². The van der Waals surface area contributed by atoms with Crippen molar-refractivity contribution in [2.24, 2.45) is 0 Å². The van der Waals surface area contributed by atoms with Gasteiger partial charge in [-0.25, -0.2) is 9.37 Å². The molecule has 0 spiro atoms. The summed E-state index contributed by atoms with van der Waals surface area (Å²) in [5.74, 6) is -0.446. The number of aryl methyl sites for hydroxylation is 1. The van der Waals surface area contributed by atoms with Crippen LogP contribution in [-0.2, 0) is 6.42 Å². The molecule has 3 rings (SSSR count). The van der Waals surface area contributed by atoms with Gasteiger partial charge in [0.25, 0.3) is 0 Å². The Morgan fingerprint density at radius 3 is 3.12 bits per heavy atom. The summed E-state index contributed by atoms with van der Waals surface area (Å²) in [6.07, 6.45) is 5.55. The highest BCUT2D eigenvalue weighted by molar-refractivity contribution is 5.35. The van der Waals surface area contributed by atoms with Crippen molar-refractivity contribution in [2.75, 3.05) is 0 Å². The van der Waals surface area contributed by atoms with E-state index in [0.29, 0.717) is 0 Å². The summed E-state index contributed by atoms with van der Waals surface area (Å²) in [7, 11) is 0. The van der Waals surface area contributed by atoms with Crippen LogP contribution in [-0.4, -0.2) is 9.55 Å². The Labute approximate surface area is 98.1 Å². The molecule has 0 saturated carbocycles. The molecule has 0 radical (unpaired) electrons. The van der Waals surface area contributed by atoms with E-state index in [1.807, 2.05) is 18.3 Å². The fourth-order valence-corrected chi connectivity index (χ4v) is 2.39. The van der Waals surface area contributed by atoms with Crippen LogP contribution < -0.4 is 0 Å². The monoisotopic (exact) mass is 227 g/mol. The second kappa shape index (κ2) is 3.70. The lowest BCUT2D eigenvalue weighted by Crippen LogP contribution is -2.05. The third-order valence-corrected chi connectivity index (χ3v) is 3.25. The highest BCUT2D eigenvalue weighted by Crippen LogP contribution is 2.31. The lowest BCUT2D eigenvalue weighted by atomic mass is 10.0. The topological polar surface area (TPSA) is 41.6 Å². The van der Waals surface area contributed by atoms with Gasteiger partial charge in [0.15, 0.2) is 0 Å². The molecule has 0 saturated heterocycles. The predicted molar refractivity (Wildman–Crippen MR) is 59.8 cm³/mol. The summed E-state index contributed by atoms with van der Waals surface area (Å²) in [4.78, 5) is 4.09. The minimum Gasteiger partial charge on any atom is -0.327 e. The van der Waals surface area contributed by atoms with Gasteiger partial charge in [0.05, 0.1) is 17.9 Å². The minimum atomic E-state index is -0.446. The molecule has 17 heavy (non-hydrogen) atoms. The number of aromatic nitrogens is 2. The maximum atomic E-state index is 13.6. The fraction of sp³-hybridized carbons (Fsp3) is 0.231. The van der Waals surface area contributed by atoms with Crippen LogP contribution >= 0.6 is 0 Å². The molecule has 1 aliphatic heterocycles. The standard InChI is InChI=1S/C13H10FN3/c14-12-5-9(1-2-10(12)6-15)13-4-3-11-7-16-8-17(11)13/h1-2,5,7-8,13H,3-4H2/t13-/m1/s1. The molecule has 1 atom stereocenters. The van der Waals surface area contributed by atoms with Crippen LogP contribution in [0.1, 0.15) is 29.3 Å². The van der Waals surface area contributed by atoms with Crippen molar-refractivity contribution in [3.05, 3.63) is 53.4 Å². The van der Waals surface area contributed by atoms with Gasteiger partial charge in [-0.3, -0.25) is 0 Å². The average Bonchev–Trinajstić information content (AvgIpc) is 2.90. The number of rotatable bonds is 1. The first-order chi connectivity index (χ1) is 8.29. The summed E-state index contributed by atoms with van der Waals surface area (Å²) in [6, 6.07) is 6.80. The quantitative estimate of drug-likeness (QED) is 0.750. The summed E-state index contributed by atoms with van der Waals surface area (Å²) in [6.45, 7) is 0. The van der Waals surface area contributed by atoms with Gasteiger partial charge in [-0.15, -0.1) is 0 Å². The molecule has 1 aromatic heterocycles. The molecule has 0 fully saturated rings. The van der Waals surface area contributed by atoms with Gasteiger partial charge in [-0.05, 0) is 30.5 Å². The third-order valence-electron chi connectivity index (χ3n) is 3.25. The third kappa shape index (κ3) is 1.51. The van der Waals surface area contributed by atoms with Crippen molar-refractivity contribution in [3.8, 4) is 6.07 Å². The molecule has 0 N–H and O–H groups in total. The molecule has 3 nitrogen and oxygen atoms in total. The number of nitrogens with zero attached hydrogens (tertiary/aromatic N) is 3. The number of hydrogen-bond acceptors (Lipinski definition) is 2. The zero-order valence-corrected chi connectivity index (χ0v) is 9.10. The molecule has 2 aromatic rings. The number of halogens is 1. The van der Waals surface area contributed by atoms with Gasteiger partial charge < -0.3 is 4.57 Å². The van der Waals surface area contributed by atoms with E-state index in [9.17, 15) is 4.39 Å². The molecule has 4 heteroatoms. The Balaban J connectivity index is 2.02. The number of hydrogen-bond donors (Lipinski definition) is 0. The summed E-state index contributed by atoms with van der Waals surface area (Å²) >= 11 is 0. The van der Waals surface area contributed by atoms with Crippen molar-refractivity contribution < 1.29 is 4.39 Å². The normalized spacial score (nSPS) is 17.8. The molecule has 0 unspecified atom stereocenters. The van der Waals surface area contributed by atoms with E-state index in [1.54, 1.807) is 12.4 Å². The maximum absolute atomic E-state index is 13.6. The maximum Gasteiger partial charge on any atom is 0.141 e. The number of benzene rings is 1. The first kappa shape index (κ1) is 10.0. The highest BCUT2D eigenvalue weighted by Gasteiger charge is 2.23. The molecular weight excluding hydrogens is 217 g/mol. The summed E-state index contributed by atoms with van der Waals surface area (Å²) < 4.78 is 15.6. The summed E-state index contributed by atoms with van der Waals surface area (Å²) in [5.41, 5.74) is 2.18. The van der Waals surface area contributed by atoms with E-state index < -0.39 is 5.82 Å². The first-order valence-electron chi connectivity index (χ1n) is 5.50. The lowest BCUT2D eigenvalue weighted by Gasteiger charge is -2.13. The van der Waals surface area contributed by atoms with Crippen molar-refractivity contribution in [1.29, 1.82) is 5.26 Å². The van der Waals surface area contributed by atoms with E-state index in [2.05, 4.69) is 9.55 Å². The Morgan fingerprint density at radius 1 is 1.47 bits per heavy atom. The van der Waals surface area contributed by atoms with Crippen molar-refractivity contribution in [1.82, 2.24) is 9.55 Å². The van der Waals surface area contributed by atoms with Gasteiger partial charge in [-0.2, -0.15) is 5.26 Å². The molecule has 1 aliphatic rings. The zero-order valence-electron chi connectivity index (χ0n) is 9.10. The zero-order chi connectivity index (χ0) is 11.8. The highest BCUT2D eigenvalue weighted by atomic mass is 19.1. The SMILES string of the molecule is N#Cc1ccc([C@H]2CCc3cncn32)cc1F. The first-order valence-corrected chi connectivity index (χ1v) is 5.50. The number of imidazole rings is 1. The Kier molecular flexibility index (Phi) is 2.19. The van der Waals surface area contributed by atoms with Crippen molar-refractivity contribution >= 4 is 0 Å². The van der Waals surface area contributed by atoms with Gasteiger partial charge in [0.1, 0.15) is 11.9 Å². The van der Waals surface area contributed by atoms with Gasteiger partial charge in [0.2, 0.25) is 0 Å². The van der Waals surface area contributed by atoms with E-state index in [-0.39, 0.29) is 11.6 Å². The molecule has 0 amide bonds. The summed E-state index contributed by atoms with van der Waals surface area (Å²) in [5, 5.41) is 8.69. The Hall–Kier alpha value is -2.15.